The maximum Gasteiger partial charge on any atom is 0.522 e. The molecule has 0 unspecified atom stereocenters. The van der Waals surface area contributed by atoms with E-state index in [9.17, 15) is 18.0 Å². The van der Waals surface area contributed by atoms with Crippen LogP contribution < -0.4 is 0 Å². The van der Waals surface area contributed by atoms with Gasteiger partial charge in [0.1, 0.15) is 6.29 Å². The summed E-state index contributed by atoms with van der Waals surface area (Å²) in [6.07, 6.45) is 0.833. The Morgan fingerprint density at radius 1 is 1.10 bits per heavy atom. The summed E-state index contributed by atoms with van der Waals surface area (Å²) in [6, 6.07) is 9.10. The van der Waals surface area contributed by atoms with Crippen molar-refractivity contribution in [1.29, 1.82) is 0 Å². The van der Waals surface area contributed by atoms with Crippen molar-refractivity contribution in [2.75, 3.05) is 21.1 Å². The van der Waals surface area contributed by atoms with Gasteiger partial charge in [0, 0.05) is 5.56 Å². The van der Waals surface area contributed by atoms with Crippen LogP contribution in [0.25, 0.3) is 0 Å². The number of carbonyl (C=O) groups is 1. The Labute approximate surface area is 115 Å². The first-order valence-electron chi connectivity index (χ1n) is 5.06. The van der Waals surface area contributed by atoms with Crippen LogP contribution in [0.15, 0.2) is 30.3 Å². The number of rotatable bonds is 1. The molecule has 0 radical (unpaired) electrons. The summed E-state index contributed by atoms with van der Waals surface area (Å²) in [5.41, 5.74) is -4.81. The highest BCUT2D eigenvalue weighted by molar-refractivity contribution is 7.86. The van der Waals surface area contributed by atoms with Crippen molar-refractivity contribution in [2.45, 2.75) is 5.51 Å². The number of benzene rings is 1. The van der Waals surface area contributed by atoms with E-state index in [0.29, 0.717) is 0 Å². The molecular weight excluding hydrogens is 299 g/mol. The second kappa shape index (κ2) is 9.45. The Morgan fingerprint density at radius 2 is 1.40 bits per heavy atom. The van der Waals surface area contributed by atoms with Gasteiger partial charge in [0.2, 0.25) is 0 Å². The fraction of sp³-hybridized carbons (Fsp3) is 0.364. The van der Waals surface area contributed by atoms with Crippen LogP contribution >= 0.6 is 0 Å². The minimum Gasteiger partial charge on any atom is -0.312 e. The molecule has 1 rings (SSSR count). The molecule has 0 atom stereocenters. The zero-order chi connectivity index (χ0) is 16.4. The Balaban J connectivity index is 0. The summed E-state index contributed by atoms with van der Waals surface area (Å²) in [6.45, 7) is 0. The molecule has 0 aliphatic carbocycles. The van der Waals surface area contributed by atoms with Crippen LogP contribution in [0, 0.1) is 0 Å². The molecule has 0 saturated heterocycles. The van der Waals surface area contributed by atoms with E-state index in [1.165, 1.54) is 0 Å². The topological polar surface area (TPSA) is 74.7 Å². The number of carbonyl (C=O) groups excluding carboxylic acids is 1. The summed E-state index contributed by atoms with van der Waals surface area (Å²) < 4.78 is 57.5. The molecule has 5 nitrogen and oxygen atoms in total. The van der Waals surface area contributed by atoms with Crippen molar-refractivity contribution in [1.82, 2.24) is 4.90 Å². The van der Waals surface area contributed by atoms with E-state index in [1.54, 1.807) is 12.1 Å². The van der Waals surface area contributed by atoms with Crippen molar-refractivity contribution in [3.05, 3.63) is 35.9 Å². The second-order valence-corrected chi connectivity index (χ2v) is 5.20. The molecule has 1 aromatic rings. The molecule has 9 heteroatoms. The fourth-order valence-electron chi connectivity index (χ4n) is 0.532. The highest BCUT2D eigenvalue weighted by Gasteiger charge is 2.44. The average Bonchev–Trinajstić information content (AvgIpc) is 2.27. The molecule has 1 N–H and O–H groups in total. The summed E-state index contributed by atoms with van der Waals surface area (Å²) in [7, 11) is 0.160. The van der Waals surface area contributed by atoms with Gasteiger partial charge in [-0.1, -0.05) is 30.3 Å². The minimum absolute atomic E-state index is 0.729. The van der Waals surface area contributed by atoms with Gasteiger partial charge in [-0.2, -0.15) is 21.6 Å². The normalized spacial score (nSPS) is 10.8. The maximum absolute atomic E-state index is 10.7. The van der Waals surface area contributed by atoms with Crippen LogP contribution in [0.4, 0.5) is 13.2 Å². The quantitative estimate of drug-likeness (QED) is 0.488. The largest absolute Gasteiger partial charge is 0.522 e. The van der Waals surface area contributed by atoms with Crippen LogP contribution in [0.5, 0.6) is 0 Å². The van der Waals surface area contributed by atoms with E-state index in [-0.39, 0.29) is 0 Å². The SMILES string of the molecule is CN(C)C.O=Cc1ccccc1.O=S(=O)(O)C(F)(F)F. The zero-order valence-electron chi connectivity index (χ0n) is 11.1. The number of aldehydes is 1. The number of nitrogens with zero attached hydrogens (tertiary/aromatic N) is 1. The van der Waals surface area contributed by atoms with Crippen molar-refractivity contribution >= 4 is 16.4 Å². The van der Waals surface area contributed by atoms with Crippen molar-refractivity contribution in [3.8, 4) is 0 Å². The lowest BCUT2D eigenvalue weighted by atomic mass is 10.2. The lowest BCUT2D eigenvalue weighted by molar-refractivity contribution is -0.0510. The number of hydrogen-bond donors (Lipinski definition) is 1. The predicted molar refractivity (Wildman–Crippen MR) is 69.0 cm³/mol. The van der Waals surface area contributed by atoms with Crippen LogP contribution in [-0.2, 0) is 10.1 Å². The summed E-state index contributed by atoms with van der Waals surface area (Å²) in [5, 5.41) is 0. The highest BCUT2D eigenvalue weighted by Crippen LogP contribution is 2.20. The van der Waals surface area contributed by atoms with E-state index in [0.717, 1.165) is 11.8 Å². The van der Waals surface area contributed by atoms with Crippen molar-refractivity contribution in [2.24, 2.45) is 0 Å². The molecule has 0 amide bonds. The molecule has 0 bridgehead atoms. The van der Waals surface area contributed by atoms with Gasteiger partial charge in [-0.25, -0.2) is 0 Å². The molecule has 0 fully saturated rings. The van der Waals surface area contributed by atoms with E-state index in [1.807, 2.05) is 44.2 Å². The first-order chi connectivity index (χ1) is 8.91. The van der Waals surface area contributed by atoms with Gasteiger partial charge in [-0.05, 0) is 21.1 Å². The Hall–Kier alpha value is -1.45. The van der Waals surface area contributed by atoms with Crippen LogP contribution in [0.1, 0.15) is 10.4 Å². The van der Waals surface area contributed by atoms with Crippen molar-refractivity contribution < 1.29 is 30.9 Å². The van der Waals surface area contributed by atoms with Gasteiger partial charge in [0.05, 0.1) is 0 Å². The fourth-order valence-corrected chi connectivity index (χ4v) is 0.532. The molecule has 0 spiro atoms. The molecule has 0 aromatic heterocycles. The smallest absolute Gasteiger partial charge is 0.312 e. The monoisotopic (exact) mass is 315 g/mol. The van der Waals surface area contributed by atoms with E-state index in [4.69, 9.17) is 13.0 Å². The summed E-state index contributed by atoms with van der Waals surface area (Å²) in [5.74, 6) is 0. The summed E-state index contributed by atoms with van der Waals surface area (Å²) >= 11 is 0. The van der Waals surface area contributed by atoms with Gasteiger partial charge in [0.25, 0.3) is 0 Å². The van der Waals surface area contributed by atoms with E-state index in [2.05, 4.69) is 0 Å². The van der Waals surface area contributed by atoms with Gasteiger partial charge in [-0.15, -0.1) is 0 Å². The summed E-state index contributed by atoms with van der Waals surface area (Å²) in [4.78, 5) is 12.0. The third kappa shape index (κ3) is 13.0. The zero-order valence-corrected chi connectivity index (χ0v) is 11.9. The molecule has 0 heterocycles. The molecule has 116 valence electrons. The lowest BCUT2D eigenvalue weighted by Gasteiger charge is -1.97. The lowest BCUT2D eigenvalue weighted by Crippen LogP contribution is -2.21. The van der Waals surface area contributed by atoms with Crippen molar-refractivity contribution in [3.63, 3.8) is 0 Å². The Morgan fingerprint density at radius 3 is 1.55 bits per heavy atom. The average molecular weight is 315 g/mol. The van der Waals surface area contributed by atoms with E-state index >= 15 is 0 Å². The number of alkyl halides is 3. The molecule has 1 aromatic carbocycles. The van der Waals surface area contributed by atoms with Gasteiger partial charge < -0.3 is 4.90 Å². The third-order valence-corrected chi connectivity index (χ3v) is 1.81. The van der Waals surface area contributed by atoms with Gasteiger partial charge in [0.15, 0.2) is 0 Å². The van der Waals surface area contributed by atoms with Gasteiger partial charge >= 0.3 is 15.6 Å². The first-order valence-corrected chi connectivity index (χ1v) is 6.50. The minimum atomic E-state index is -5.84. The third-order valence-electron chi connectivity index (χ3n) is 1.23. The standard InChI is InChI=1S/C7H6O.C3H9N.CHF3O3S/c8-6-7-4-2-1-3-5-7;1-4(2)3;2-1(3,4)8(5,6)7/h1-6H;1-3H3;(H,5,6,7). The number of halogens is 3. The van der Waals surface area contributed by atoms with Crippen LogP contribution in [-0.4, -0.2) is 50.8 Å². The number of hydrogen-bond acceptors (Lipinski definition) is 4. The molecule has 20 heavy (non-hydrogen) atoms. The van der Waals surface area contributed by atoms with Crippen LogP contribution in [0.2, 0.25) is 0 Å². The van der Waals surface area contributed by atoms with Crippen LogP contribution in [0.3, 0.4) is 0 Å². The maximum atomic E-state index is 10.7. The Kier molecular flexibility index (Phi) is 9.86. The highest BCUT2D eigenvalue weighted by atomic mass is 32.2. The molecule has 0 aliphatic rings. The molecule has 0 aliphatic heterocycles. The van der Waals surface area contributed by atoms with E-state index < -0.39 is 15.6 Å². The molecular formula is C11H16F3NO4S. The molecule has 0 saturated carbocycles. The van der Waals surface area contributed by atoms with Gasteiger partial charge in [-0.3, -0.25) is 9.35 Å². The second-order valence-electron chi connectivity index (χ2n) is 3.79. The first kappa shape index (κ1) is 20.9. The predicted octanol–water partition coefficient (Wildman–Crippen LogP) is 2.07. The Bertz CT molecular complexity index is 469.